The van der Waals surface area contributed by atoms with E-state index >= 15 is 0 Å². The molecule has 0 unspecified atom stereocenters. The summed E-state index contributed by atoms with van der Waals surface area (Å²) in [7, 11) is 1.41. The van der Waals surface area contributed by atoms with Crippen LogP contribution < -0.4 is 0 Å². The zero-order chi connectivity index (χ0) is 13.8. The molecule has 0 amide bonds. The molecule has 0 radical (unpaired) electrons. The molecule has 1 aliphatic heterocycles. The summed E-state index contributed by atoms with van der Waals surface area (Å²) in [6, 6.07) is 2.55. The molecule has 0 saturated carbocycles. The number of carbonyl (C=O) groups is 1. The second-order valence-corrected chi connectivity index (χ2v) is 5.88. The number of morpholine rings is 1. The standard InChI is InChI=1S/C14H21NO3S/c1-10(6-12-4-5-19-9-12)15-7-11(2)18-13(8-15)14(16)17-3/h4-5,9-11,13H,6-8H2,1-3H3/t10-,11+,13+/m0/s1. The van der Waals surface area contributed by atoms with Gasteiger partial charge in [-0.05, 0) is 42.7 Å². The predicted octanol–water partition coefficient (Wildman–Crippen LogP) is 1.94. The van der Waals surface area contributed by atoms with Crippen molar-refractivity contribution in [2.75, 3.05) is 20.2 Å². The Balaban J connectivity index is 1.96. The summed E-state index contributed by atoms with van der Waals surface area (Å²) in [5, 5.41) is 4.28. The van der Waals surface area contributed by atoms with E-state index in [4.69, 9.17) is 9.47 Å². The highest BCUT2D eigenvalue weighted by molar-refractivity contribution is 7.07. The quantitative estimate of drug-likeness (QED) is 0.792. The Hall–Kier alpha value is -0.910. The lowest BCUT2D eigenvalue weighted by Crippen LogP contribution is -2.53. The SMILES string of the molecule is COC(=O)[C@H]1CN([C@@H](C)Cc2ccsc2)C[C@@H](C)O1. The van der Waals surface area contributed by atoms with E-state index in [0.717, 1.165) is 13.0 Å². The molecule has 3 atom stereocenters. The molecular weight excluding hydrogens is 262 g/mol. The third-order valence-corrected chi connectivity index (χ3v) is 4.22. The summed E-state index contributed by atoms with van der Waals surface area (Å²) in [4.78, 5) is 13.9. The summed E-state index contributed by atoms with van der Waals surface area (Å²) in [6.45, 7) is 5.67. The van der Waals surface area contributed by atoms with Crippen LogP contribution in [0.15, 0.2) is 16.8 Å². The smallest absolute Gasteiger partial charge is 0.336 e. The molecule has 1 saturated heterocycles. The Labute approximate surface area is 118 Å². The van der Waals surface area contributed by atoms with Gasteiger partial charge in [0, 0.05) is 19.1 Å². The number of thiophene rings is 1. The average Bonchev–Trinajstić information content (AvgIpc) is 2.89. The van der Waals surface area contributed by atoms with Gasteiger partial charge in [-0.25, -0.2) is 4.79 Å². The molecule has 0 aromatic carbocycles. The summed E-state index contributed by atoms with van der Waals surface area (Å²) in [5.74, 6) is -0.278. The lowest BCUT2D eigenvalue weighted by molar-refractivity contribution is -0.167. The fourth-order valence-electron chi connectivity index (χ4n) is 2.48. The minimum Gasteiger partial charge on any atom is -0.467 e. The Kier molecular flexibility index (Phi) is 4.96. The number of carbonyl (C=O) groups excluding carboxylic acids is 1. The lowest BCUT2D eigenvalue weighted by atomic mass is 10.1. The van der Waals surface area contributed by atoms with Gasteiger partial charge in [-0.2, -0.15) is 11.3 Å². The third kappa shape index (κ3) is 3.78. The number of hydrogen-bond acceptors (Lipinski definition) is 5. The van der Waals surface area contributed by atoms with Crippen molar-refractivity contribution < 1.29 is 14.3 Å². The van der Waals surface area contributed by atoms with Crippen molar-refractivity contribution in [1.29, 1.82) is 0 Å². The molecule has 1 aromatic rings. The highest BCUT2D eigenvalue weighted by atomic mass is 32.1. The predicted molar refractivity (Wildman–Crippen MR) is 75.4 cm³/mol. The van der Waals surface area contributed by atoms with Crippen LogP contribution in [0.2, 0.25) is 0 Å². The van der Waals surface area contributed by atoms with Gasteiger partial charge in [0.2, 0.25) is 0 Å². The Morgan fingerprint density at radius 2 is 2.42 bits per heavy atom. The van der Waals surface area contributed by atoms with Crippen LogP contribution in [0.4, 0.5) is 0 Å². The van der Waals surface area contributed by atoms with Crippen molar-refractivity contribution in [3.8, 4) is 0 Å². The zero-order valence-electron chi connectivity index (χ0n) is 11.7. The fourth-order valence-corrected chi connectivity index (χ4v) is 3.17. The first-order valence-electron chi connectivity index (χ1n) is 6.58. The van der Waals surface area contributed by atoms with Crippen LogP contribution in [0.25, 0.3) is 0 Å². The van der Waals surface area contributed by atoms with E-state index in [0.29, 0.717) is 12.6 Å². The molecule has 1 aromatic heterocycles. The van der Waals surface area contributed by atoms with Crippen LogP contribution in [0, 0.1) is 0 Å². The van der Waals surface area contributed by atoms with E-state index in [9.17, 15) is 4.79 Å². The van der Waals surface area contributed by atoms with Gasteiger partial charge in [0.15, 0.2) is 6.10 Å². The summed E-state index contributed by atoms with van der Waals surface area (Å²) in [5.41, 5.74) is 1.35. The molecule has 2 heterocycles. The molecule has 1 aliphatic rings. The van der Waals surface area contributed by atoms with Crippen LogP contribution in [0.3, 0.4) is 0 Å². The van der Waals surface area contributed by atoms with Crippen LogP contribution >= 0.6 is 11.3 Å². The highest BCUT2D eigenvalue weighted by Gasteiger charge is 2.33. The van der Waals surface area contributed by atoms with Crippen LogP contribution in [-0.4, -0.2) is 49.3 Å². The average molecular weight is 283 g/mol. The lowest BCUT2D eigenvalue weighted by Gasteiger charge is -2.38. The van der Waals surface area contributed by atoms with E-state index in [-0.39, 0.29) is 12.1 Å². The van der Waals surface area contributed by atoms with Gasteiger partial charge < -0.3 is 9.47 Å². The summed E-state index contributed by atoms with van der Waals surface area (Å²) in [6.07, 6.45) is 0.603. The van der Waals surface area contributed by atoms with Gasteiger partial charge in [0.05, 0.1) is 13.2 Å². The van der Waals surface area contributed by atoms with Gasteiger partial charge in [0.1, 0.15) is 0 Å². The van der Waals surface area contributed by atoms with Gasteiger partial charge in [-0.1, -0.05) is 0 Å². The normalized spacial score (nSPS) is 26.1. The second kappa shape index (κ2) is 6.50. The van der Waals surface area contributed by atoms with Gasteiger partial charge in [-0.15, -0.1) is 0 Å². The van der Waals surface area contributed by atoms with Crippen molar-refractivity contribution in [3.05, 3.63) is 22.4 Å². The maximum atomic E-state index is 11.6. The highest BCUT2D eigenvalue weighted by Crippen LogP contribution is 2.18. The number of rotatable bonds is 4. The number of methoxy groups -OCH3 is 1. The Morgan fingerprint density at radius 3 is 3.05 bits per heavy atom. The monoisotopic (exact) mass is 283 g/mol. The Bertz CT molecular complexity index is 407. The first-order valence-corrected chi connectivity index (χ1v) is 7.53. The fraction of sp³-hybridized carbons (Fsp3) is 0.643. The molecule has 0 N–H and O–H groups in total. The third-order valence-electron chi connectivity index (χ3n) is 3.49. The number of nitrogens with zero attached hydrogens (tertiary/aromatic N) is 1. The molecule has 0 spiro atoms. The topological polar surface area (TPSA) is 38.8 Å². The van der Waals surface area contributed by atoms with Crippen molar-refractivity contribution in [3.63, 3.8) is 0 Å². The van der Waals surface area contributed by atoms with Crippen molar-refractivity contribution in [1.82, 2.24) is 4.90 Å². The minimum atomic E-state index is -0.460. The molecule has 2 rings (SSSR count). The molecule has 19 heavy (non-hydrogen) atoms. The maximum absolute atomic E-state index is 11.6. The van der Waals surface area contributed by atoms with E-state index in [2.05, 4.69) is 28.7 Å². The van der Waals surface area contributed by atoms with E-state index in [1.54, 1.807) is 11.3 Å². The largest absolute Gasteiger partial charge is 0.467 e. The zero-order valence-corrected chi connectivity index (χ0v) is 12.5. The molecule has 106 valence electrons. The molecule has 5 heteroatoms. The molecule has 0 bridgehead atoms. The summed E-state index contributed by atoms with van der Waals surface area (Å²) < 4.78 is 10.4. The van der Waals surface area contributed by atoms with Crippen LogP contribution in [0.1, 0.15) is 19.4 Å². The minimum absolute atomic E-state index is 0.0581. The maximum Gasteiger partial charge on any atom is 0.336 e. The number of esters is 1. The molecule has 4 nitrogen and oxygen atoms in total. The molecule has 0 aliphatic carbocycles. The van der Waals surface area contributed by atoms with E-state index in [1.165, 1.54) is 12.7 Å². The first-order chi connectivity index (χ1) is 9.10. The summed E-state index contributed by atoms with van der Waals surface area (Å²) >= 11 is 1.72. The Morgan fingerprint density at radius 1 is 1.63 bits per heavy atom. The van der Waals surface area contributed by atoms with E-state index in [1.807, 2.05) is 6.92 Å². The number of hydrogen-bond donors (Lipinski definition) is 0. The van der Waals surface area contributed by atoms with Crippen molar-refractivity contribution >= 4 is 17.3 Å². The number of ether oxygens (including phenoxy) is 2. The van der Waals surface area contributed by atoms with Crippen molar-refractivity contribution in [2.45, 2.75) is 38.5 Å². The van der Waals surface area contributed by atoms with Crippen LogP contribution in [-0.2, 0) is 20.7 Å². The van der Waals surface area contributed by atoms with Gasteiger partial charge in [-0.3, -0.25) is 4.90 Å². The molecular formula is C14H21NO3S. The van der Waals surface area contributed by atoms with E-state index < -0.39 is 6.10 Å². The van der Waals surface area contributed by atoms with Crippen molar-refractivity contribution in [2.24, 2.45) is 0 Å². The van der Waals surface area contributed by atoms with Crippen LogP contribution in [0.5, 0.6) is 0 Å². The second-order valence-electron chi connectivity index (χ2n) is 5.10. The first kappa shape index (κ1) is 14.5. The van der Waals surface area contributed by atoms with Gasteiger partial charge in [0.25, 0.3) is 0 Å². The molecule has 1 fully saturated rings. The van der Waals surface area contributed by atoms with Gasteiger partial charge >= 0.3 is 5.97 Å².